The summed E-state index contributed by atoms with van der Waals surface area (Å²) >= 11 is 0. The van der Waals surface area contributed by atoms with Gasteiger partial charge in [0.2, 0.25) is 0 Å². The molecule has 0 aliphatic carbocycles. The number of rotatable bonds is 6. The highest BCUT2D eigenvalue weighted by atomic mass is 16.1. The Morgan fingerprint density at radius 2 is 1.45 bits per heavy atom. The molecule has 11 heavy (non-hydrogen) atoms. The fourth-order valence-corrected chi connectivity index (χ4v) is 0.759. The number of hydrogen-bond donors (Lipinski definition) is 0. The normalized spacial score (nSPS) is 11.4. The Morgan fingerprint density at radius 1 is 0.909 bits per heavy atom. The molecule has 0 atom stereocenters. The Bertz CT molecular complexity index is 134. The lowest BCUT2D eigenvalue weighted by molar-refractivity contribution is -0.107. The van der Waals surface area contributed by atoms with E-state index in [-0.39, 0.29) is 0 Å². The molecule has 0 bridgehead atoms. The van der Waals surface area contributed by atoms with Gasteiger partial charge >= 0.3 is 0 Å². The maximum atomic E-state index is 9.89. The Balaban J connectivity index is 3.09. The van der Waals surface area contributed by atoms with Crippen molar-refractivity contribution >= 4 is 6.29 Å². The molecule has 1 nitrogen and oxygen atoms in total. The Labute approximate surface area is 68.8 Å². The van der Waals surface area contributed by atoms with Gasteiger partial charge in [0.05, 0.1) is 0 Å². The van der Waals surface area contributed by atoms with Crippen molar-refractivity contribution in [2.75, 3.05) is 0 Å². The van der Waals surface area contributed by atoms with Crippen molar-refractivity contribution < 1.29 is 4.79 Å². The molecule has 0 aromatic heterocycles. The molecular weight excluding hydrogens is 136 g/mol. The van der Waals surface area contributed by atoms with Crippen LogP contribution in [0, 0.1) is 0 Å². The summed E-state index contributed by atoms with van der Waals surface area (Å²) in [4.78, 5) is 9.89. The third kappa shape index (κ3) is 9.15. The van der Waals surface area contributed by atoms with E-state index in [4.69, 9.17) is 0 Å². The number of carbonyl (C=O) groups is 1. The first-order valence-corrected chi connectivity index (χ1v) is 4.11. The van der Waals surface area contributed by atoms with Crippen molar-refractivity contribution in [3.05, 3.63) is 24.3 Å². The molecule has 0 aliphatic rings. The summed E-state index contributed by atoms with van der Waals surface area (Å²) in [5.41, 5.74) is 0. The average Bonchev–Trinajstić information content (AvgIpc) is 2.03. The van der Waals surface area contributed by atoms with E-state index in [1.807, 2.05) is 6.92 Å². The van der Waals surface area contributed by atoms with Gasteiger partial charge in [-0.15, -0.1) is 0 Å². The van der Waals surface area contributed by atoms with Crippen molar-refractivity contribution in [2.45, 2.75) is 32.6 Å². The van der Waals surface area contributed by atoms with Gasteiger partial charge in [-0.3, -0.25) is 0 Å². The predicted molar refractivity (Wildman–Crippen MR) is 48.5 cm³/mol. The van der Waals surface area contributed by atoms with Crippen LogP contribution in [0.4, 0.5) is 0 Å². The Kier molecular flexibility index (Phi) is 8.44. The molecule has 62 valence electrons. The van der Waals surface area contributed by atoms with Crippen LogP contribution in [0.5, 0.6) is 0 Å². The second kappa shape index (κ2) is 9.15. The molecule has 0 aromatic carbocycles. The molecule has 0 aliphatic heterocycles. The second-order valence-corrected chi connectivity index (χ2v) is 2.36. The van der Waals surface area contributed by atoms with E-state index in [9.17, 15) is 4.79 Å². The van der Waals surface area contributed by atoms with Crippen LogP contribution < -0.4 is 0 Å². The summed E-state index contributed by atoms with van der Waals surface area (Å²) in [6, 6.07) is 0. The van der Waals surface area contributed by atoms with Crippen LogP contribution in [0.3, 0.4) is 0 Å². The Morgan fingerprint density at radius 3 is 2.00 bits per heavy atom. The van der Waals surface area contributed by atoms with Gasteiger partial charge in [0.15, 0.2) is 0 Å². The van der Waals surface area contributed by atoms with Gasteiger partial charge in [-0.25, -0.2) is 0 Å². The number of carbonyl (C=O) groups excluding carboxylic acids is 1. The van der Waals surface area contributed by atoms with Crippen LogP contribution >= 0.6 is 0 Å². The van der Waals surface area contributed by atoms with E-state index >= 15 is 0 Å². The van der Waals surface area contributed by atoms with Crippen LogP contribution in [0.2, 0.25) is 0 Å². The lowest BCUT2D eigenvalue weighted by Gasteiger charge is -1.85. The summed E-state index contributed by atoms with van der Waals surface area (Å²) in [5, 5.41) is 0. The van der Waals surface area contributed by atoms with Gasteiger partial charge in [0.25, 0.3) is 0 Å². The van der Waals surface area contributed by atoms with Crippen molar-refractivity contribution in [2.24, 2.45) is 0 Å². The average molecular weight is 152 g/mol. The SMILES string of the molecule is CC=CCCC=CCCC=O. The molecule has 0 heterocycles. The van der Waals surface area contributed by atoms with E-state index in [2.05, 4.69) is 24.3 Å². The fraction of sp³-hybridized carbons (Fsp3) is 0.500. The highest BCUT2D eigenvalue weighted by Gasteiger charge is 1.77. The highest BCUT2D eigenvalue weighted by molar-refractivity contribution is 5.49. The molecule has 0 rings (SSSR count). The molecule has 1 heteroatoms. The van der Waals surface area contributed by atoms with E-state index in [0.29, 0.717) is 6.42 Å². The number of unbranched alkanes of at least 4 members (excludes halogenated alkanes) is 2. The van der Waals surface area contributed by atoms with Gasteiger partial charge < -0.3 is 4.79 Å². The lowest BCUT2D eigenvalue weighted by Crippen LogP contribution is -1.70. The van der Waals surface area contributed by atoms with Crippen molar-refractivity contribution in [1.82, 2.24) is 0 Å². The molecule has 0 spiro atoms. The van der Waals surface area contributed by atoms with E-state index in [1.165, 1.54) is 0 Å². The smallest absolute Gasteiger partial charge is 0.120 e. The lowest BCUT2D eigenvalue weighted by atomic mass is 10.2. The number of allylic oxidation sites excluding steroid dienone is 4. The van der Waals surface area contributed by atoms with Crippen molar-refractivity contribution in [3.8, 4) is 0 Å². The first-order valence-electron chi connectivity index (χ1n) is 4.11. The molecule has 0 N–H and O–H groups in total. The zero-order chi connectivity index (χ0) is 8.36. The van der Waals surface area contributed by atoms with Gasteiger partial charge in [-0.05, 0) is 26.2 Å². The minimum Gasteiger partial charge on any atom is -0.303 e. The third-order valence-electron chi connectivity index (χ3n) is 1.35. The summed E-state index contributed by atoms with van der Waals surface area (Å²) in [6.07, 6.45) is 13.1. The van der Waals surface area contributed by atoms with Gasteiger partial charge in [0.1, 0.15) is 6.29 Å². The fourth-order valence-electron chi connectivity index (χ4n) is 0.759. The van der Waals surface area contributed by atoms with Gasteiger partial charge in [-0.1, -0.05) is 24.3 Å². The molecule has 0 unspecified atom stereocenters. The predicted octanol–water partition coefficient (Wildman–Crippen LogP) is 2.88. The van der Waals surface area contributed by atoms with Crippen molar-refractivity contribution in [1.29, 1.82) is 0 Å². The molecule has 0 saturated heterocycles. The van der Waals surface area contributed by atoms with Crippen LogP contribution in [-0.4, -0.2) is 6.29 Å². The maximum Gasteiger partial charge on any atom is 0.120 e. The number of hydrogen-bond acceptors (Lipinski definition) is 1. The molecule has 0 amide bonds. The second-order valence-electron chi connectivity index (χ2n) is 2.36. The maximum absolute atomic E-state index is 9.89. The largest absolute Gasteiger partial charge is 0.303 e. The zero-order valence-corrected chi connectivity index (χ0v) is 7.12. The first kappa shape index (κ1) is 10.2. The van der Waals surface area contributed by atoms with Crippen LogP contribution in [0.15, 0.2) is 24.3 Å². The molecule has 0 fully saturated rings. The molecule has 0 radical (unpaired) electrons. The van der Waals surface area contributed by atoms with E-state index < -0.39 is 0 Å². The molecular formula is C10H16O. The highest BCUT2D eigenvalue weighted by Crippen LogP contribution is 1.95. The Hall–Kier alpha value is -0.850. The minimum absolute atomic E-state index is 0.653. The van der Waals surface area contributed by atoms with Crippen LogP contribution in [-0.2, 0) is 4.79 Å². The summed E-state index contributed by atoms with van der Waals surface area (Å²) < 4.78 is 0. The number of aldehydes is 1. The van der Waals surface area contributed by atoms with E-state index in [1.54, 1.807) is 0 Å². The molecule has 0 saturated carbocycles. The summed E-state index contributed by atoms with van der Waals surface area (Å²) in [7, 11) is 0. The topological polar surface area (TPSA) is 17.1 Å². The quantitative estimate of drug-likeness (QED) is 0.325. The zero-order valence-electron chi connectivity index (χ0n) is 7.12. The minimum atomic E-state index is 0.653. The third-order valence-corrected chi connectivity index (χ3v) is 1.35. The van der Waals surface area contributed by atoms with E-state index in [0.717, 1.165) is 25.5 Å². The van der Waals surface area contributed by atoms with Gasteiger partial charge in [0, 0.05) is 6.42 Å². The monoisotopic (exact) mass is 152 g/mol. The van der Waals surface area contributed by atoms with Crippen LogP contribution in [0.25, 0.3) is 0 Å². The standard InChI is InChI=1S/C10H16O/c1-2-3-4-5-6-7-8-9-10-11/h2-3,6-7,10H,4-5,8-9H2,1H3. The summed E-state index contributed by atoms with van der Waals surface area (Å²) in [5.74, 6) is 0. The van der Waals surface area contributed by atoms with Gasteiger partial charge in [-0.2, -0.15) is 0 Å². The van der Waals surface area contributed by atoms with Crippen LogP contribution in [0.1, 0.15) is 32.6 Å². The summed E-state index contributed by atoms with van der Waals surface area (Å²) in [6.45, 7) is 2.02. The molecule has 0 aromatic rings. The first-order chi connectivity index (χ1) is 5.41. The van der Waals surface area contributed by atoms with Crippen molar-refractivity contribution in [3.63, 3.8) is 0 Å².